The predicted octanol–water partition coefficient (Wildman–Crippen LogP) is 1.64. The first-order valence-corrected chi connectivity index (χ1v) is 10.4. The summed E-state index contributed by atoms with van der Waals surface area (Å²) in [6.07, 6.45) is 3.47. The summed E-state index contributed by atoms with van der Waals surface area (Å²) in [6, 6.07) is 4.75. The van der Waals surface area contributed by atoms with Gasteiger partial charge in [-0.25, -0.2) is 4.39 Å². The lowest BCUT2D eigenvalue weighted by Gasteiger charge is -2.37. The summed E-state index contributed by atoms with van der Waals surface area (Å²) in [5, 5.41) is 12.5. The van der Waals surface area contributed by atoms with Crippen LogP contribution in [0.15, 0.2) is 23.2 Å². The Bertz CT molecular complexity index is 719. The van der Waals surface area contributed by atoms with Crippen LogP contribution in [0.25, 0.3) is 0 Å². The fraction of sp³-hybridized carbons (Fsp3) is 0.619. The third-order valence-corrected chi connectivity index (χ3v) is 5.68. The Balaban J connectivity index is 0.00000320. The van der Waals surface area contributed by atoms with Crippen LogP contribution >= 0.6 is 24.0 Å². The molecule has 0 atom stereocenters. The first kappa shape index (κ1) is 24.8. The number of rotatable bonds is 5. The van der Waals surface area contributed by atoms with Gasteiger partial charge in [0.25, 0.3) is 0 Å². The number of amides is 1. The number of hydrogen-bond acceptors (Lipinski definition) is 4. The smallest absolute Gasteiger partial charge is 0.236 e. The highest BCUT2D eigenvalue weighted by Gasteiger charge is 2.24. The molecule has 1 aromatic rings. The second-order valence-corrected chi connectivity index (χ2v) is 7.69. The van der Waals surface area contributed by atoms with Gasteiger partial charge in [-0.05, 0) is 37.0 Å². The molecular weight excluding hydrogens is 500 g/mol. The van der Waals surface area contributed by atoms with E-state index in [9.17, 15) is 14.3 Å². The average Bonchev–Trinajstić information content (AvgIpc) is 2.76. The zero-order valence-electron chi connectivity index (χ0n) is 17.6. The van der Waals surface area contributed by atoms with Crippen LogP contribution in [-0.4, -0.2) is 84.5 Å². The van der Waals surface area contributed by atoms with E-state index < -0.39 is 5.82 Å². The molecule has 2 N–H and O–H groups in total. The highest BCUT2D eigenvalue weighted by Crippen LogP contribution is 2.12. The van der Waals surface area contributed by atoms with Crippen molar-refractivity contribution < 1.29 is 14.3 Å². The number of nitrogens with one attached hydrogen (secondary N) is 1. The molecule has 1 amide bonds. The number of aliphatic hydroxyl groups is 1. The lowest BCUT2D eigenvalue weighted by atomic mass is 10.1. The summed E-state index contributed by atoms with van der Waals surface area (Å²) in [5.74, 6) is 0.648. The van der Waals surface area contributed by atoms with Gasteiger partial charge in [0.15, 0.2) is 5.96 Å². The number of carbonyl (C=O) groups is 1. The highest BCUT2D eigenvalue weighted by molar-refractivity contribution is 14.0. The Hall–Kier alpha value is -1.46. The predicted molar refractivity (Wildman–Crippen MR) is 126 cm³/mol. The number of halogens is 2. The molecule has 2 aliphatic heterocycles. The van der Waals surface area contributed by atoms with Crippen molar-refractivity contribution in [2.75, 3.05) is 52.9 Å². The molecule has 0 spiro atoms. The Morgan fingerprint density at radius 1 is 1.10 bits per heavy atom. The van der Waals surface area contributed by atoms with Gasteiger partial charge in [-0.15, -0.1) is 24.0 Å². The van der Waals surface area contributed by atoms with E-state index >= 15 is 0 Å². The van der Waals surface area contributed by atoms with Crippen LogP contribution in [0.1, 0.15) is 30.4 Å². The largest absolute Gasteiger partial charge is 0.392 e. The van der Waals surface area contributed by atoms with Gasteiger partial charge in [-0.2, -0.15) is 0 Å². The normalized spacial score (nSPS) is 18.2. The van der Waals surface area contributed by atoms with Crippen molar-refractivity contribution in [1.82, 2.24) is 20.0 Å². The minimum Gasteiger partial charge on any atom is -0.392 e. The fourth-order valence-corrected chi connectivity index (χ4v) is 3.92. The molecule has 2 fully saturated rings. The van der Waals surface area contributed by atoms with Crippen molar-refractivity contribution in [3.05, 3.63) is 35.1 Å². The van der Waals surface area contributed by atoms with E-state index in [0.29, 0.717) is 18.7 Å². The third kappa shape index (κ3) is 6.78. The monoisotopic (exact) mass is 533 g/mol. The fourth-order valence-electron chi connectivity index (χ4n) is 3.92. The number of nitrogens with zero attached hydrogens (tertiary/aromatic N) is 4. The second kappa shape index (κ2) is 12.4. The molecule has 0 aromatic heterocycles. The van der Waals surface area contributed by atoms with Crippen molar-refractivity contribution in [3.63, 3.8) is 0 Å². The molecule has 2 saturated heterocycles. The molecule has 0 unspecified atom stereocenters. The number of aliphatic imine (C=N–C) groups is 1. The SMILES string of the molecule is CN=C(NCc1ccc(F)c(CO)c1)N1CCN(CC(=O)N2CCCCC2)CC1.I. The van der Waals surface area contributed by atoms with Crippen molar-refractivity contribution in [1.29, 1.82) is 0 Å². The van der Waals surface area contributed by atoms with E-state index in [-0.39, 0.29) is 36.5 Å². The molecule has 2 aliphatic rings. The summed E-state index contributed by atoms with van der Waals surface area (Å²) in [5.41, 5.74) is 1.19. The van der Waals surface area contributed by atoms with E-state index in [4.69, 9.17) is 0 Å². The number of likely N-dealkylation sites (tertiary alicyclic amines) is 1. The van der Waals surface area contributed by atoms with Gasteiger partial charge in [-0.3, -0.25) is 14.7 Å². The third-order valence-electron chi connectivity index (χ3n) is 5.68. The molecule has 168 valence electrons. The second-order valence-electron chi connectivity index (χ2n) is 7.69. The quantitative estimate of drug-likeness (QED) is 0.342. The zero-order chi connectivity index (χ0) is 20.6. The first-order chi connectivity index (χ1) is 14.1. The van der Waals surface area contributed by atoms with Gasteiger partial charge in [-0.1, -0.05) is 6.07 Å². The molecular formula is C21H33FIN5O2. The number of aliphatic hydroxyl groups excluding tert-OH is 1. The molecule has 0 saturated carbocycles. The summed E-state index contributed by atoms with van der Waals surface area (Å²) in [7, 11) is 1.75. The molecule has 0 radical (unpaired) electrons. The minimum atomic E-state index is -0.393. The first-order valence-electron chi connectivity index (χ1n) is 10.4. The molecule has 9 heteroatoms. The zero-order valence-corrected chi connectivity index (χ0v) is 20.0. The summed E-state index contributed by atoms with van der Waals surface area (Å²) in [6.45, 7) is 5.75. The molecule has 7 nitrogen and oxygen atoms in total. The molecule has 1 aromatic carbocycles. The minimum absolute atomic E-state index is 0. The van der Waals surface area contributed by atoms with Gasteiger partial charge in [0.1, 0.15) is 5.82 Å². The maximum Gasteiger partial charge on any atom is 0.236 e. The number of piperazine rings is 1. The van der Waals surface area contributed by atoms with Crippen LogP contribution in [0.5, 0.6) is 0 Å². The Morgan fingerprint density at radius 3 is 2.43 bits per heavy atom. The topological polar surface area (TPSA) is 71.4 Å². The maximum atomic E-state index is 13.5. The van der Waals surface area contributed by atoms with E-state index in [0.717, 1.165) is 63.6 Å². The van der Waals surface area contributed by atoms with Crippen LogP contribution in [0.3, 0.4) is 0 Å². The van der Waals surface area contributed by atoms with Crippen molar-refractivity contribution in [2.24, 2.45) is 4.99 Å². The van der Waals surface area contributed by atoms with Gasteiger partial charge in [0, 0.05) is 58.4 Å². The molecule has 0 bridgehead atoms. The number of hydrogen-bond donors (Lipinski definition) is 2. The lowest BCUT2D eigenvalue weighted by Crippen LogP contribution is -2.54. The van der Waals surface area contributed by atoms with Crippen LogP contribution in [0.2, 0.25) is 0 Å². The molecule has 30 heavy (non-hydrogen) atoms. The van der Waals surface area contributed by atoms with E-state index in [1.54, 1.807) is 19.2 Å². The average molecular weight is 533 g/mol. The van der Waals surface area contributed by atoms with E-state index in [2.05, 4.69) is 20.1 Å². The molecule has 3 rings (SSSR count). The van der Waals surface area contributed by atoms with Crippen LogP contribution < -0.4 is 5.32 Å². The summed E-state index contributed by atoms with van der Waals surface area (Å²) >= 11 is 0. The van der Waals surface area contributed by atoms with Crippen molar-refractivity contribution in [2.45, 2.75) is 32.4 Å². The van der Waals surface area contributed by atoms with E-state index in [1.165, 1.54) is 12.5 Å². The Kier molecular flexibility index (Phi) is 10.3. The summed E-state index contributed by atoms with van der Waals surface area (Å²) in [4.78, 5) is 23.2. The number of benzene rings is 1. The van der Waals surface area contributed by atoms with Gasteiger partial charge in [0.05, 0.1) is 13.2 Å². The van der Waals surface area contributed by atoms with Gasteiger partial charge < -0.3 is 20.2 Å². The highest BCUT2D eigenvalue weighted by atomic mass is 127. The number of carbonyl (C=O) groups excluding carboxylic acids is 1. The molecule has 0 aliphatic carbocycles. The Morgan fingerprint density at radius 2 is 1.80 bits per heavy atom. The number of piperidine rings is 1. The maximum absolute atomic E-state index is 13.5. The van der Waals surface area contributed by atoms with Crippen molar-refractivity contribution >= 4 is 35.8 Å². The lowest BCUT2D eigenvalue weighted by molar-refractivity contribution is -0.133. The van der Waals surface area contributed by atoms with Crippen LogP contribution in [-0.2, 0) is 17.9 Å². The van der Waals surface area contributed by atoms with Gasteiger partial charge in [0.2, 0.25) is 5.91 Å². The van der Waals surface area contributed by atoms with E-state index in [1.807, 2.05) is 4.90 Å². The van der Waals surface area contributed by atoms with Gasteiger partial charge >= 0.3 is 0 Å². The molecule has 2 heterocycles. The Labute approximate surface area is 195 Å². The van der Waals surface area contributed by atoms with Crippen LogP contribution in [0.4, 0.5) is 4.39 Å². The standard InChI is InChI=1S/C21H32FN5O2.HI/c1-23-21(24-14-17-5-6-19(22)18(13-17)16-28)27-11-9-25(10-12-27)15-20(29)26-7-3-2-4-8-26;/h5-6,13,28H,2-4,7-12,14-16H2,1H3,(H,23,24);1H. The van der Waals surface area contributed by atoms with Crippen molar-refractivity contribution in [3.8, 4) is 0 Å². The van der Waals surface area contributed by atoms with Crippen LogP contribution in [0, 0.1) is 5.82 Å². The number of guanidine groups is 1. The summed E-state index contributed by atoms with van der Waals surface area (Å²) < 4.78 is 13.5.